The van der Waals surface area contributed by atoms with E-state index in [0.717, 1.165) is 32.6 Å². The zero-order valence-electron chi connectivity index (χ0n) is 11.7. The van der Waals surface area contributed by atoms with Crippen LogP contribution in [0.25, 0.3) is 0 Å². The van der Waals surface area contributed by atoms with Crippen LogP contribution < -0.4 is 0 Å². The van der Waals surface area contributed by atoms with E-state index in [9.17, 15) is 9.90 Å². The molecule has 1 aliphatic rings. The third kappa shape index (κ3) is 3.07. The molecule has 1 aromatic carbocycles. The van der Waals surface area contributed by atoms with Crippen molar-refractivity contribution in [2.45, 2.75) is 26.3 Å². The van der Waals surface area contributed by atoms with E-state index in [1.54, 1.807) is 18.2 Å². The Balaban J connectivity index is 2.02. The molecule has 0 bridgehead atoms. The second kappa shape index (κ2) is 6.06. The molecule has 1 unspecified atom stereocenters. The average molecular weight is 262 g/mol. The Morgan fingerprint density at radius 1 is 1.42 bits per heavy atom. The van der Waals surface area contributed by atoms with Crippen molar-refractivity contribution in [2.24, 2.45) is 0 Å². The minimum atomic E-state index is 0.0190. The van der Waals surface area contributed by atoms with Gasteiger partial charge in [-0.1, -0.05) is 19.9 Å². The normalized spacial score (nSPS) is 19.1. The van der Waals surface area contributed by atoms with Gasteiger partial charge in [0.1, 0.15) is 5.75 Å². The van der Waals surface area contributed by atoms with Crippen LogP contribution in [0.1, 0.15) is 30.6 Å². The number of amides is 1. The van der Waals surface area contributed by atoms with Gasteiger partial charge in [-0.25, -0.2) is 0 Å². The number of hydrogen-bond donors (Lipinski definition) is 1. The van der Waals surface area contributed by atoms with Crippen molar-refractivity contribution >= 4 is 5.91 Å². The molecule has 0 aromatic heterocycles. The summed E-state index contributed by atoms with van der Waals surface area (Å²) in [6.45, 7) is 7.95. The molecule has 4 heteroatoms. The SMILES string of the molecule is CCN(CC)C1CCN(C(=O)c2cccc(O)c2)C1. The maximum atomic E-state index is 12.3. The lowest BCUT2D eigenvalue weighted by Crippen LogP contribution is -2.38. The summed E-state index contributed by atoms with van der Waals surface area (Å²) in [5.41, 5.74) is 0.570. The predicted octanol–water partition coefficient (Wildman–Crippen LogP) is 1.95. The topological polar surface area (TPSA) is 43.8 Å². The van der Waals surface area contributed by atoms with E-state index in [2.05, 4.69) is 18.7 Å². The van der Waals surface area contributed by atoms with E-state index in [-0.39, 0.29) is 11.7 Å². The molecule has 2 rings (SSSR count). The first-order valence-electron chi connectivity index (χ1n) is 6.98. The molecule has 0 aliphatic carbocycles. The molecule has 1 fully saturated rings. The Morgan fingerprint density at radius 2 is 2.16 bits per heavy atom. The Labute approximate surface area is 114 Å². The average Bonchev–Trinajstić information content (AvgIpc) is 2.89. The monoisotopic (exact) mass is 262 g/mol. The Kier molecular flexibility index (Phi) is 4.43. The van der Waals surface area contributed by atoms with E-state index in [1.807, 2.05) is 4.90 Å². The Hall–Kier alpha value is -1.55. The third-order valence-corrected chi connectivity index (χ3v) is 3.87. The molecule has 0 saturated carbocycles. The summed E-state index contributed by atoms with van der Waals surface area (Å²) < 4.78 is 0. The van der Waals surface area contributed by atoms with Crippen LogP contribution in [0.4, 0.5) is 0 Å². The number of likely N-dealkylation sites (tertiary alicyclic amines) is 1. The first-order valence-corrected chi connectivity index (χ1v) is 6.98. The highest BCUT2D eigenvalue weighted by atomic mass is 16.3. The van der Waals surface area contributed by atoms with Crippen molar-refractivity contribution in [1.82, 2.24) is 9.80 Å². The summed E-state index contributed by atoms with van der Waals surface area (Å²) in [7, 11) is 0. The van der Waals surface area contributed by atoms with Crippen LogP contribution >= 0.6 is 0 Å². The zero-order chi connectivity index (χ0) is 13.8. The van der Waals surface area contributed by atoms with Gasteiger partial charge in [-0.05, 0) is 37.7 Å². The molecule has 1 N–H and O–H groups in total. The Bertz CT molecular complexity index is 444. The molecule has 1 aromatic rings. The van der Waals surface area contributed by atoms with Gasteiger partial charge in [0.15, 0.2) is 0 Å². The van der Waals surface area contributed by atoms with Gasteiger partial charge in [0.05, 0.1) is 0 Å². The van der Waals surface area contributed by atoms with Crippen LogP contribution in [0, 0.1) is 0 Å². The third-order valence-electron chi connectivity index (χ3n) is 3.87. The van der Waals surface area contributed by atoms with Gasteiger partial charge in [-0.3, -0.25) is 9.69 Å². The summed E-state index contributed by atoms with van der Waals surface area (Å²) in [5.74, 6) is 0.163. The number of carbonyl (C=O) groups excluding carboxylic acids is 1. The number of rotatable bonds is 4. The molecular weight excluding hydrogens is 240 g/mol. The standard InChI is InChI=1S/C15H22N2O2/c1-3-16(4-2)13-8-9-17(11-13)15(19)12-6-5-7-14(18)10-12/h5-7,10,13,18H,3-4,8-9,11H2,1-2H3. The zero-order valence-corrected chi connectivity index (χ0v) is 11.7. The fourth-order valence-corrected chi connectivity index (χ4v) is 2.79. The lowest BCUT2D eigenvalue weighted by atomic mass is 10.2. The highest BCUT2D eigenvalue weighted by Crippen LogP contribution is 2.19. The van der Waals surface area contributed by atoms with Crippen LogP contribution in [-0.2, 0) is 0 Å². The smallest absolute Gasteiger partial charge is 0.254 e. The van der Waals surface area contributed by atoms with Gasteiger partial charge in [0, 0.05) is 24.7 Å². The van der Waals surface area contributed by atoms with Gasteiger partial charge in [-0.15, -0.1) is 0 Å². The van der Waals surface area contributed by atoms with Crippen LogP contribution in [0.2, 0.25) is 0 Å². The Morgan fingerprint density at radius 3 is 2.79 bits per heavy atom. The summed E-state index contributed by atoms with van der Waals surface area (Å²) in [6.07, 6.45) is 1.03. The van der Waals surface area contributed by atoms with Crippen LogP contribution in [0.15, 0.2) is 24.3 Å². The maximum Gasteiger partial charge on any atom is 0.254 e. The van der Waals surface area contributed by atoms with Crippen molar-refractivity contribution in [2.75, 3.05) is 26.2 Å². The molecular formula is C15H22N2O2. The van der Waals surface area contributed by atoms with Crippen molar-refractivity contribution in [3.63, 3.8) is 0 Å². The lowest BCUT2D eigenvalue weighted by Gasteiger charge is -2.26. The van der Waals surface area contributed by atoms with Gasteiger partial charge < -0.3 is 10.0 Å². The quantitative estimate of drug-likeness (QED) is 0.902. The summed E-state index contributed by atoms with van der Waals surface area (Å²) in [5, 5.41) is 9.44. The number of carbonyl (C=O) groups is 1. The van der Waals surface area contributed by atoms with Crippen molar-refractivity contribution < 1.29 is 9.90 Å². The lowest BCUT2D eigenvalue weighted by molar-refractivity contribution is 0.0777. The van der Waals surface area contributed by atoms with E-state index in [4.69, 9.17) is 0 Å². The van der Waals surface area contributed by atoms with E-state index < -0.39 is 0 Å². The maximum absolute atomic E-state index is 12.3. The number of nitrogens with zero attached hydrogens (tertiary/aromatic N) is 2. The van der Waals surface area contributed by atoms with Gasteiger partial charge in [0.25, 0.3) is 5.91 Å². The van der Waals surface area contributed by atoms with Crippen molar-refractivity contribution in [1.29, 1.82) is 0 Å². The summed E-state index contributed by atoms with van der Waals surface area (Å²) >= 11 is 0. The van der Waals surface area contributed by atoms with Crippen LogP contribution in [0.3, 0.4) is 0 Å². The molecule has 0 radical (unpaired) electrons. The summed E-state index contributed by atoms with van der Waals surface area (Å²) in [4.78, 5) is 16.6. The van der Waals surface area contributed by atoms with Gasteiger partial charge in [0.2, 0.25) is 0 Å². The fourth-order valence-electron chi connectivity index (χ4n) is 2.79. The molecule has 1 heterocycles. The largest absolute Gasteiger partial charge is 0.508 e. The van der Waals surface area contributed by atoms with E-state index in [0.29, 0.717) is 11.6 Å². The second-order valence-corrected chi connectivity index (χ2v) is 4.97. The molecule has 104 valence electrons. The first-order chi connectivity index (χ1) is 9.15. The second-order valence-electron chi connectivity index (χ2n) is 4.97. The molecule has 1 atom stereocenters. The van der Waals surface area contributed by atoms with Crippen molar-refractivity contribution in [3.8, 4) is 5.75 Å². The molecule has 4 nitrogen and oxygen atoms in total. The first kappa shape index (κ1) is 13.9. The minimum Gasteiger partial charge on any atom is -0.508 e. The van der Waals surface area contributed by atoms with Crippen LogP contribution in [0.5, 0.6) is 5.75 Å². The number of hydrogen-bond acceptors (Lipinski definition) is 3. The molecule has 19 heavy (non-hydrogen) atoms. The van der Waals surface area contributed by atoms with E-state index >= 15 is 0 Å². The summed E-state index contributed by atoms with van der Waals surface area (Å²) in [6, 6.07) is 7.05. The van der Waals surface area contributed by atoms with Crippen LogP contribution in [-0.4, -0.2) is 53.0 Å². The molecule has 0 spiro atoms. The number of aromatic hydroxyl groups is 1. The number of benzene rings is 1. The number of likely N-dealkylation sites (N-methyl/N-ethyl adjacent to an activating group) is 1. The van der Waals surface area contributed by atoms with Gasteiger partial charge in [-0.2, -0.15) is 0 Å². The fraction of sp³-hybridized carbons (Fsp3) is 0.533. The van der Waals surface area contributed by atoms with Gasteiger partial charge >= 0.3 is 0 Å². The number of phenols is 1. The highest BCUT2D eigenvalue weighted by Gasteiger charge is 2.29. The minimum absolute atomic E-state index is 0.0190. The number of phenolic OH excluding ortho intramolecular Hbond substituents is 1. The molecule has 1 aliphatic heterocycles. The van der Waals surface area contributed by atoms with E-state index in [1.165, 1.54) is 6.07 Å². The molecule has 1 saturated heterocycles. The molecule has 1 amide bonds. The highest BCUT2D eigenvalue weighted by molar-refractivity contribution is 5.94. The van der Waals surface area contributed by atoms with Crippen molar-refractivity contribution in [3.05, 3.63) is 29.8 Å². The predicted molar refractivity (Wildman–Crippen MR) is 75.3 cm³/mol.